The lowest BCUT2D eigenvalue weighted by molar-refractivity contribution is -0.122. The predicted octanol–water partition coefficient (Wildman–Crippen LogP) is -0.924. The van der Waals surface area contributed by atoms with E-state index in [2.05, 4.69) is 20.7 Å². The van der Waals surface area contributed by atoms with Crippen LogP contribution in [0.25, 0.3) is 0 Å². The summed E-state index contributed by atoms with van der Waals surface area (Å²) in [7, 11) is 0. The van der Waals surface area contributed by atoms with Gasteiger partial charge in [0.05, 0.1) is 6.20 Å². The average Bonchev–Trinajstić information content (AvgIpc) is 2.16. The molecule has 0 aliphatic rings. The van der Waals surface area contributed by atoms with Gasteiger partial charge in [-0.05, 0) is 5.21 Å². The number of nitrogens with zero attached hydrogens (tertiary/aromatic N) is 3. The van der Waals surface area contributed by atoms with Crippen molar-refractivity contribution in [1.82, 2.24) is 15.4 Å². The number of nitrogens with one attached hydrogen (secondary N) is 1. The first kappa shape index (κ1) is 10.0. The maximum atomic E-state index is 11.1. The lowest BCUT2D eigenvalue weighted by Gasteiger charge is -2.00. The molecule has 0 radical (unpaired) electrons. The second-order valence-corrected chi connectivity index (χ2v) is 2.52. The highest BCUT2D eigenvalue weighted by Gasteiger charge is 2.04. The predicted molar refractivity (Wildman–Crippen MR) is 46.9 cm³/mol. The third-order valence-corrected chi connectivity index (χ3v) is 1.37. The topological polar surface area (TPSA) is 111 Å². The van der Waals surface area contributed by atoms with Crippen LogP contribution in [0, 0.1) is 0 Å². The molecule has 1 heterocycles. The van der Waals surface area contributed by atoms with Gasteiger partial charge in [0.15, 0.2) is 5.82 Å². The van der Waals surface area contributed by atoms with Gasteiger partial charge in [-0.25, -0.2) is 0 Å². The zero-order valence-corrected chi connectivity index (χ0v) is 7.30. The molecule has 2 amide bonds. The molecule has 0 fully saturated rings. The molecule has 1 rings (SSSR count). The Balaban J connectivity index is 2.38. The fourth-order valence-electron chi connectivity index (χ4n) is 0.750. The van der Waals surface area contributed by atoms with Gasteiger partial charge in [0.1, 0.15) is 0 Å². The molecular weight excluding hydrogens is 186 g/mol. The van der Waals surface area contributed by atoms with Gasteiger partial charge < -0.3 is 11.1 Å². The molecule has 0 saturated heterocycles. The molecular formula is C7H9N5O2. The molecule has 1 aromatic rings. The fraction of sp³-hybridized carbons (Fsp3) is 0.286. The molecule has 7 nitrogen and oxygen atoms in total. The Morgan fingerprint density at radius 1 is 1.43 bits per heavy atom. The molecule has 3 N–H and O–H groups in total. The zero-order valence-electron chi connectivity index (χ0n) is 7.30. The highest BCUT2D eigenvalue weighted by atomic mass is 16.2. The van der Waals surface area contributed by atoms with E-state index in [1.807, 2.05) is 0 Å². The van der Waals surface area contributed by atoms with E-state index in [0.717, 1.165) is 0 Å². The van der Waals surface area contributed by atoms with Crippen LogP contribution < -0.4 is 11.1 Å². The standard InChI is InChI=1S/C7H9N5O2/c8-5(13)1-2-7(14)10-6-3-4-9-12-11-6/h3-4H,1-2H2,(H2,8,13)(H,9,10,11,14). The Hall–Kier alpha value is -2.05. The Kier molecular flexibility index (Phi) is 3.48. The van der Waals surface area contributed by atoms with E-state index < -0.39 is 5.91 Å². The van der Waals surface area contributed by atoms with Crippen LogP contribution in [0.2, 0.25) is 0 Å². The van der Waals surface area contributed by atoms with Gasteiger partial charge in [0.2, 0.25) is 11.8 Å². The Labute approximate surface area is 79.7 Å². The summed E-state index contributed by atoms with van der Waals surface area (Å²) >= 11 is 0. The van der Waals surface area contributed by atoms with Crippen molar-refractivity contribution in [2.75, 3.05) is 5.32 Å². The fourth-order valence-corrected chi connectivity index (χ4v) is 0.750. The third kappa shape index (κ3) is 3.57. The summed E-state index contributed by atoms with van der Waals surface area (Å²) in [6.45, 7) is 0. The number of amides is 2. The van der Waals surface area contributed by atoms with Gasteiger partial charge in [-0.3, -0.25) is 9.59 Å². The van der Waals surface area contributed by atoms with E-state index >= 15 is 0 Å². The Morgan fingerprint density at radius 3 is 2.79 bits per heavy atom. The van der Waals surface area contributed by atoms with Crippen molar-refractivity contribution in [2.45, 2.75) is 12.8 Å². The Bertz CT molecular complexity index is 326. The van der Waals surface area contributed by atoms with Crippen molar-refractivity contribution in [3.8, 4) is 0 Å². The molecule has 7 heteroatoms. The van der Waals surface area contributed by atoms with E-state index in [-0.39, 0.29) is 18.7 Å². The molecule has 0 bridgehead atoms. The normalized spacial score (nSPS) is 9.43. The molecule has 0 atom stereocenters. The summed E-state index contributed by atoms with van der Waals surface area (Å²) in [5, 5.41) is 12.7. The number of carbonyl (C=O) groups is 2. The molecule has 0 unspecified atom stereocenters. The number of carbonyl (C=O) groups excluding carboxylic acids is 2. The lowest BCUT2D eigenvalue weighted by Crippen LogP contribution is -2.17. The minimum Gasteiger partial charge on any atom is -0.370 e. The molecule has 0 aromatic carbocycles. The first-order valence-corrected chi connectivity index (χ1v) is 3.91. The largest absolute Gasteiger partial charge is 0.370 e. The average molecular weight is 195 g/mol. The maximum absolute atomic E-state index is 11.1. The van der Waals surface area contributed by atoms with Crippen LogP contribution in [0.15, 0.2) is 12.3 Å². The summed E-state index contributed by atoms with van der Waals surface area (Å²) < 4.78 is 0. The van der Waals surface area contributed by atoms with Crippen molar-refractivity contribution in [3.05, 3.63) is 12.3 Å². The molecule has 0 aliphatic heterocycles. The second kappa shape index (κ2) is 4.85. The van der Waals surface area contributed by atoms with E-state index in [1.165, 1.54) is 12.3 Å². The van der Waals surface area contributed by atoms with Crippen LogP contribution in [-0.4, -0.2) is 27.2 Å². The highest BCUT2D eigenvalue weighted by molar-refractivity contribution is 5.92. The molecule has 1 aromatic heterocycles. The number of primary amides is 1. The van der Waals surface area contributed by atoms with Gasteiger partial charge in [-0.15, -0.1) is 10.2 Å². The van der Waals surface area contributed by atoms with E-state index in [1.54, 1.807) is 0 Å². The lowest BCUT2D eigenvalue weighted by atomic mass is 10.3. The summed E-state index contributed by atoms with van der Waals surface area (Å²) in [6.07, 6.45) is 1.46. The first-order chi connectivity index (χ1) is 6.68. The van der Waals surface area contributed by atoms with Gasteiger partial charge in [0, 0.05) is 18.9 Å². The zero-order chi connectivity index (χ0) is 10.4. The van der Waals surface area contributed by atoms with Crippen LogP contribution in [0.4, 0.5) is 5.82 Å². The van der Waals surface area contributed by atoms with Crippen LogP contribution in [0.1, 0.15) is 12.8 Å². The van der Waals surface area contributed by atoms with Crippen molar-refractivity contribution in [1.29, 1.82) is 0 Å². The second-order valence-electron chi connectivity index (χ2n) is 2.52. The van der Waals surface area contributed by atoms with Crippen molar-refractivity contribution in [2.24, 2.45) is 5.73 Å². The van der Waals surface area contributed by atoms with Crippen LogP contribution in [0.3, 0.4) is 0 Å². The van der Waals surface area contributed by atoms with Gasteiger partial charge in [0.25, 0.3) is 0 Å². The molecule has 0 saturated carbocycles. The molecule has 74 valence electrons. The van der Waals surface area contributed by atoms with E-state index in [0.29, 0.717) is 5.82 Å². The molecule has 0 spiro atoms. The first-order valence-electron chi connectivity index (χ1n) is 3.91. The number of nitrogens with two attached hydrogens (primary N) is 1. The minimum atomic E-state index is -0.513. The number of hydrogen-bond donors (Lipinski definition) is 2. The van der Waals surface area contributed by atoms with Gasteiger partial charge in [-0.1, -0.05) is 0 Å². The van der Waals surface area contributed by atoms with Gasteiger partial charge >= 0.3 is 0 Å². The number of aromatic nitrogens is 3. The summed E-state index contributed by atoms with van der Waals surface area (Å²) in [5.74, 6) is -0.542. The maximum Gasteiger partial charge on any atom is 0.226 e. The summed E-state index contributed by atoms with van der Waals surface area (Å²) in [5.41, 5.74) is 4.88. The van der Waals surface area contributed by atoms with Crippen molar-refractivity contribution < 1.29 is 9.59 Å². The highest BCUT2D eigenvalue weighted by Crippen LogP contribution is 1.98. The van der Waals surface area contributed by atoms with E-state index in [4.69, 9.17) is 5.73 Å². The monoisotopic (exact) mass is 195 g/mol. The number of rotatable bonds is 4. The quantitative estimate of drug-likeness (QED) is 0.645. The van der Waals surface area contributed by atoms with Crippen LogP contribution in [0.5, 0.6) is 0 Å². The van der Waals surface area contributed by atoms with Crippen LogP contribution >= 0.6 is 0 Å². The molecule has 14 heavy (non-hydrogen) atoms. The number of hydrogen-bond acceptors (Lipinski definition) is 5. The third-order valence-electron chi connectivity index (χ3n) is 1.37. The summed E-state index contributed by atoms with van der Waals surface area (Å²) in [6, 6.07) is 1.50. The van der Waals surface area contributed by atoms with Crippen molar-refractivity contribution >= 4 is 17.6 Å². The van der Waals surface area contributed by atoms with Crippen LogP contribution in [-0.2, 0) is 9.59 Å². The SMILES string of the molecule is NC(=O)CCC(=O)Nc1ccnnn1. The van der Waals surface area contributed by atoms with Gasteiger partial charge in [-0.2, -0.15) is 0 Å². The molecule has 0 aliphatic carbocycles. The summed E-state index contributed by atoms with van der Waals surface area (Å²) in [4.78, 5) is 21.5. The smallest absolute Gasteiger partial charge is 0.226 e. The van der Waals surface area contributed by atoms with E-state index in [9.17, 15) is 9.59 Å². The van der Waals surface area contributed by atoms with Crippen molar-refractivity contribution in [3.63, 3.8) is 0 Å². The minimum absolute atomic E-state index is 0.0182. The number of anilines is 1. The Morgan fingerprint density at radius 2 is 2.21 bits per heavy atom.